The second-order valence-corrected chi connectivity index (χ2v) is 7.98. The molecule has 0 aromatic carbocycles. The number of likely N-dealkylation sites (tertiary alicyclic amines) is 1. The SMILES string of the molecule is CN(C)C1CCN(C(=O)C2NNC3CN(c4ccccn4)CCC32)CC1. The number of nitrogens with one attached hydrogen (secondary N) is 2. The Morgan fingerprint density at radius 3 is 2.65 bits per heavy atom. The Morgan fingerprint density at radius 2 is 1.96 bits per heavy atom. The Kier molecular flexibility index (Phi) is 5.11. The summed E-state index contributed by atoms with van der Waals surface area (Å²) in [6.45, 7) is 3.59. The first-order chi connectivity index (χ1) is 12.6. The smallest absolute Gasteiger partial charge is 0.241 e. The van der Waals surface area contributed by atoms with Crippen LogP contribution in [0.5, 0.6) is 0 Å². The minimum absolute atomic E-state index is 0.0956. The van der Waals surface area contributed by atoms with Crippen LogP contribution >= 0.6 is 0 Å². The van der Waals surface area contributed by atoms with Crippen molar-refractivity contribution in [3.05, 3.63) is 24.4 Å². The van der Waals surface area contributed by atoms with Crippen LogP contribution in [-0.4, -0.2) is 79.1 Å². The summed E-state index contributed by atoms with van der Waals surface area (Å²) in [6, 6.07) is 6.82. The molecule has 0 aliphatic carbocycles. The van der Waals surface area contributed by atoms with Crippen LogP contribution in [0.2, 0.25) is 0 Å². The molecule has 142 valence electrons. The van der Waals surface area contributed by atoms with Gasteiger partial charge in [0.15, 0.2) is 0 Å². The molecular formula is C19H30N6O. The summed E-state index contributed by atoms with van der Waals surface area (Å²) in [5, 5.41) is 0. The average Bonchev–Trinajstić information content (AvgIpc) is 3.11. The molecule has 3 aliphatic heterocycles. The molecule has 3 atom stereocenters. The molecule has 3 aliphatic rings. The first-order valence-electron chi connectivity index (χ1n) is 9.76. The summed E-state index contributed by atoms with van der Waals surface area (Å²) < 4.78 is 0. The number of amides is 1. The highest BCUT2D eigenvalue weighted by Crippen LogP contribution is 2.29. The van der Waals surface area contributed by atoms with E-state index in [0.29, 0.717) is 18.0 Å². The number of anilines is 1. The third-order valence-electron chi connectivity index (χ3n) is 6.26. The Bertz CT molecular complexity index is 616. The highest BCUT2D eigenvalue weighted by Gasteiger charge is 2.44. The van der Waals surface area contributed by atoms with Gasteiger partial charge in [-0.3, -0.25) is 10.2 Å². The van der Waals surface area contributed by atoms with E-state index in [0.717, 1.165) is 51.3 Å². The fraction of sp³-hybridized carbons (Fsp3) is 0.684. The molecule has 7 nitrogen and oxygen atoms in total. The van der Waals surface area contributed by atoms with Gasteiger partial charge in [0.25, 0.3) is 0 Å². The van der Waals surface area contributed by atoms with Gasteiger partial charge in [0, 0.05) is 50.4 Å². The Balaban J connectivity index is 1.35. The van der Waals surface area contributed by atoms with Crippen molar-refractivity contribution in [3.8, 4) is 0 Å². The van der Waals surface area contributed by atoms with E-state index in [1.54, 1.807) is 0 Å². The van der Waals surface area contributed by atoms with Gasteiger partial charge in [0.2, 0.25) is 5.91 Å². The molecule has 0 radical (unpaired) electrons. The lowest BCUT2D eigenvalue weighted by atomic mass is 9.86. The number of aromatic nitrogens is 1. The highest BCUT2D eigenvalue weighted by atomic mass is 16.2. The molecule has 4 rings (SSSR count). The minimum atomic E-state index is -0.0956. The second kappa shape index (κ2) is 7.50. The quantitative estimate of drug-likeness (QED) is 0.811. The van der Waals surface area contributed by atoms with E-state index in [1.165, 1.54) is 0 Å². The van der Waals surface area contributed by atoms with E-state index in [-0.39, 0.29) is 11.9 Å². The summed E-state index contributed by atoms with van der Waals surface area (Å²) in [4.78, 5) is 24.2. The molecule has 3 fully saturated rings. The second-order valence-electron chi connectivity index (χ2n) is 7.98. The fourth-order valence-corrected chi connectivity index (χ4v) is 4.62. The van der Waals surface area contributed by atoms with Gasteiger partial charge in [-0.15, -0.1) is 0 Å². The van der Waals surface area contributed by atoms with Crippen molar-refractivity contribution in [2.75, 3.05) is 45.2 Å². The molecule has 3 saturated heterocycles. The van der Waals surface area contributed by atoms with Crippen LogP contribution < -0.4 is 15.8 Å². The summed E-state index contributed by atoms with van der Waals surface area (Å²) in [6.07, 6.45) is 4.98. The highest BCUT2D eigenvalue weighted by molar-refractivity contribution is 5.83. The molecular weight excluding hydrogens is 328 g/mol. The lowest BCUT2D eigenvalue weighted by Gasteiger charge is -2.39. The van der Waals surface area contributed by atoms with Gasteiger partial charge in [0.05, 0.1) is 0 Å². The van der Waals surface area contributed by atoms with Crippen molar-refractivity contribution in [2.24, 2.45) is 5.92 Å². The Hall–Kier alpha value is -1.70. The third kappa shape index (κ3) is 3.43. The van der Waals surface area contributed by atoms with Crippen LogP contribution in [0.25, 0.3) is 0 Å². The zero-order valence-electron chi connectivity index (χ0n) is 15.8. The van der Waals surface area contributed by atoms with Gasteiger partial charge in [-0.05, 0) is 45.5 Å². The summed E-state index contributed by atoms with van der Waals surface area (Å²) in [5.74, 6) is 1.65. The number of pyridine rings is 1. The van der Waals surface area contributed by atoms with Crippen LogP contribution in [-0.2, 0) is 4.79 Å². The normalized spacial score (nSPS) is 29.9. The van der Waals surface area contributed by atoms with Crippen LogP contribution in [0.1, 0.15) is 19.3 Å². The molecule has 1 aromatic heterocycles. The molecule has 4 heterocycles. The number of hydrogen-bond donors (Lipinski definition) is 2. The number of rotatable bonds is 3. The van der Waals surface area contributed by atoms with Crippen molar-refractivity contribution in [3.63, 3.8) is 0 Å². The summed E-state index contributed by atoms with van der Waals surface area (Å²) in [7, 11) is 4.26. The molecule has 0 bridgehead atoms. The fourth-order valence-electron chi connectivity index (χ4n) is 4.62. The first-order valence-corrected chi connectivity index (χ1v) is 9.76. The molecule has 0 spiro atoms. The maximum absolute atomic E-state index is 13.1. The lowest BCUT2D eigenvalue weighted by Crippen LogP contribution is -2.53. The average molecular weight is 358 g/mol. The van der Waals surface area contributed by atoms with E-state index in [2.05, 4.69) is 50.7 Å². The maximum Gasteiger partial charge on any atom is 0.241 e. The molecule has 2 N–H and O–H groups in total. The largest absolute Gasteiger partial charge is 0.355 e. The van der Waals surface area contributed by atoms with Crippen LogP contribution in [0.3, 0.4) is 0 Å². The zero-order valence-corrected chi connectivity index (χ0v) is 15.8. The number of carbonyl (C=O) groups is 1. The maximum atomic E-state index is 13.1. The van der Waals surface area contributed by atoms with Crippen LogP contribution in [0.15, 0.2) is 24.4 Å². The third-order valence-corrected chi connectivity index (χ3v) is 6.26. The molecule has 1 amide bonds. The van der Waals surface area contributed by atoms with Crippen molar-refractivity contribution in [1.29, 1.82) is 0 Å². The van der Waals surface area contributed by atoms with Gasteiger partial charge >= 0.3 is 0 Å². The summed E-state index contributed by atoms with van der Waals surface area (Å²) >= 11 is 0. The number of nitrogens with zero attached hydrogens (tertiary/aromatic N) is 4. The van der Waals surface area contributed by atoms with E-state index < -0.39 is 0 Å². The van der Waals surface area contributed by atoms with E-state index in [4.69, 9.17) is 0 Å². The number of hydrogen-bond acceptors (Lipinski definition) is 6. The van der Waals surface area contributed by atoms with Crippen molar-refractivity contribution in [1.82, 2.24) is 25.6 Å². The van der Waals surface area contributed by atoms with Gasteiger partial charge in [-0.1, -0.05) is 6.07 Å². The molecule has 3 unspecified atom stereocenters. The topological polar surface area (TPSA) is 63.7 Å². The number of hydrazine groups is 1. The van der Waals surface area contributed by atoms with Gasteiger partial charge in [-0.2, -0.15) is 0 Å². The van der Waals surface area contributed by atoms with Gasteiger partial charge in [0.1, 0.15) is 11.9 Å². The van der Waals surface area contributed by atoms with E-state index >= 15 is 0 Å². The van der Waals surface area contributed by atoms with Crippen LogP contribution in [0, 0.1) is 5.92 Å². The zero-order chi connectivity index (χ0) is 18.1. The van der Waals surface area contributed by atoms with Crippen LogP contribution in [0.4, 0.5) is 5.82 Å². The van der Waals surface area contributed by atoms with Crippen molar-refractivity contribution < 1.29 is 4.79 Å². The Labute approximate surface area is 155 Å². The van der Waals surface area contributed by atoms with E-state index in [1.807, 2.05) is 18.3 Å². The standard InChI is InChI=1S/C19H30N6O/c1-23(2)14-6-10-24(11-7-14)19(26)18-15-8-12-25(13-16(15)21-22-18)17-5-3-4-9-20-17/h3-5,9,14-16,18,21-22H,6-8,10-13H2,1-2H3. The first kappa shape index (κ1) is 17.7. The molecule has 1 aromatic rings. The predicted molar refractivity (Wildman–Crippen MR) is 102 cm³/mol. The lowest BCUT2D eigenvalue weighted by molar-refractivity contribution is -0.135. The van der Waals surface area contributed by atoms with Crippen molar-refractivity contribution >= 4 is 11.7 Å². The van der Waals surface area contributed by atoms with E-state index in [9.17, 15) is 4.79 Å². The van der Waals surface area contributed by atoms with Gasteiger partial charge in [-0.25, -0.2) is 10.4 Å². The summed E-state index contributed by atoms with van der Waals surface area (Å²) in [5.41, 5.74) is 6.68. The van der Waals surface area contributed by atoms with Crippen molar-refractivity contribution in [2.45, 2.75) is 37.4 Å². The monoisotopic (exact) mass is 358 g/mol. The molecule has 26 heavy (non-hydrogen) atoms. The Morgan fingerprint density at radius 1 is 1.15 bits per heavy atom. The number of fused-ring (bicyclic) bond motifs is 1. The molecule has 7 heteroatoms. The number of carbonyl (C=O) groups excluding carboxylic acids is 1. The van der Waals surface area contributed by atoms with Gasteiger partial charge < -0.3 is 14.7 Å². The number of piperidine rings is 2. The predicted octanol–water partition coefficient (Wildman–Crippen LogP) is 0.306. The minimum Gasteiger partial charge on any atom is -0.355 e. The molecule has 0 saturated carbocycles.